The summed E-state index contributed by atoms with van der Waals surface area (Å²) in [7, 11) is 0. The third kappa shape index (κ3) is 5.63. The Labute approximate surface area is 305 Å². The first-order valence-electron chi connectivity index (χ1n) is 16.3. The van der Waals surface area contributed by atoms with Crippen LogP contribution in [0.3, 0.4) is 0 Å². The Balaban J connectivity index is 0.00000361. The molecule has 5 heterocycles. The molecule has 4 aromatic carbocycles. The average molecular weight is 825 g/mol. The van der Waals surface area contributed by atoms with Crippen molar-refractivity contribution in [3.63, 3.8) is 0 Å². The van der Waals surface area contributed by atoms with E-state index in [9.17, 15) is 0 Å². The van der Waals surface area contributed by atoms with E-state index < -0.39 is 0 Å². The second-order valence-corrected chi connectivity index (χ2v) is 12.1. The van der Waals surface area contributed by atoms with Gasteiger partial charge in [-0.25, -0.2) is 9.97 Å². The number of nitrogens with two attached hydrogens (primary N) is 1. The Hall–Kier alpha value is -5.98. The fraction of sp³-hybridized carbons (Fsp3) is 0. The summed E-state index contributed by atoms with van der Waals surface area (Å²) < 4.78 is 0. The van der Waals surface area contributed by atoms with Crippen molar-refractivity contribution in [3.05, 3.63) is 162 Å². The first-order chi connectivity index (χ1) is 24.2. The predicted molar refractivity (Wildman–Crippen MR) is 203 cm³/mol. The smallest absolute Gasteiger partial charge is 0.0704 e. The van der Waals surface area contributed by atoms with Crippen LogP contribution in [-0.2, 0) is 22.4 Å². The molecule has 0 atom stereocenters. The maximum atomic E-state index is 6.13. The fourth-order valence-electron chi connectivity index (χ4n) is 6.73. The van der Waals surface area contributed by atoms with Gasteiger partial charge in [0, 0.05) is 28.1 Å². The van der Waals surface area contributed by atoms with E-state index in [2.05, 4.69) is 97.1 Å². The van der Waals surface area contributed by atoms with E-state index in [4.69, 9.17) is 25.7 Å². The quantitative estimate of drug-likeness (QED) is 0.141. The van der Waals surface area contributed by atoms with Crippen LogP contribution in [0.2, 0.25) is 0 Å². The molecule has 0 saturated carbocycles. The summed E-state index contributed by atoms with van der Waals surface area (Å²) in [6.07, 6.45) is 8.34. The molecule has 50 heavy (non-hydrogen) atoms. The molecule has 0 spiro atoms. The van der Waals surface area contributed by atoms with Crippen molar-refractivity contribution in [3.8, 4) is 44.5 Å². The Morgan fingerprint density at radius 1 is 0.340 bits per heavy atom. The number of hydrogen-bond acceptors (Lipinski definition) is 3. The third-order valence-electron chi connectivity index (χ3n) is 9.00. The molecule has 2 aliphatic rings. The number of hydrogen-bond donors (Lipinski definition) is 1. The maximum absolute atomic E-state index is 6.13. The summed E-state index contributed by atoms with van der Waals surface area (Å²) in [5.74, 6) is 0. The summed E-state index contributed by atoms with van der Waals surface area (Å²) in [6, 6.07) is 47.3. The van der Waals surface area contributed by atoms with Crippen LogP contribution in [-0.4, -0.2) is 9.97 Å². The molecule has 2 aliphatic heterocycles. The van der Waals surface area contributed by atoms with Crippen molar-refractivity contribution < 1.29 is 22.4 Å². The van der Waals surface area contributed by atoms with E-state index in [1.807, 2.05) is 66.7 Å². The van der Waals surface area contributed by atoms with Gasteiger partial charge in [-0.15, -0.1) is 22.1 Å². The van der Waals surface area contributed by atoms with Crippen molar-refractivity contribution in [2.75, 3.05) is 5.73 Å². The molecule has 2 N–H and O–H groups in total. The molecular weight excluding hydrogens is 795 g/mol. The summed E-state index contributed by atoms with van der Waals surface area (Å²) in [5, 5.41) is 0. The second-order valence-electron chi connectivity index (χ2n) is 12.1. The van der Waals surface area contributed by atoms with E-state index in [0.29, 0.717) is 5.69 Å². The molecule has 0 saturated heterocycles. The molecular formula is C44H29AuN5-2. The first kappa shape index (κ1) is 31.3. The molecule has 0 unspecified atom stereocenters. The number of rotatable bonds is 4. The number of aromatic nitrogens is 4. The largest absolute Gasteiger partial charge is 0.657 e. The van der Waals surface area contributed by atoms with Crippen molar-refractivity contribution in [1.82, 2.24) is 19.9 Å². The monoisotopic (exact) mass is 824 g/mol. The minimum Gasteiger partial charge on any atom is -0.657 e. The minimum absolute atomic E-state index is 0. The molecule has 0 amide bonds. The molecule has 3 aromatic heterocycles. The number of anilines is 1. The maximum Gasteiger partial charge on any atom is 0.0704 e. The predicted octanol–water partition coefficient (Wildman–Crippen LogP) is 10.2. The van der Waals surface area contributed by atoms with Crippen LogP contribution in [0.4, 0.5) is 5.69 Å². The molecule has 243 valence electrons. The van der Waals surface area contributed by atoms with E-state index in [-0.39, 0.29) is 22.4 Å². The number of nitrogens with zero attached hydrogens (tertiary/aromatic N) is 4. The molecule has 8 bridgehead atoms. The van der Waals surface area contributed by atoms with Gasteiger partial charge in [-0.2, -0.15) is 0 Å². The number of nitrogen functional groups attached to an aromatic ring is 1. The van der Waals surface area contributed by atoms with Gasteiger partial charge in [0.1, 0.15) is 0 Å². The van der Waals surface area contributed by atoms with Gasteiger partial charge in [-0.1, -0.05) is 127 Å². The minimum atomic E-state index is 0. The van der Waals surface area contributed by atoms with Crippen LogP contribution < -0.4 is 15.7 Å². The molecule has 1 radical (unpaired) electrons. The Morgan fingerprint density at radius 3 is 0.920 bits per heavy atom. The van der Waals surface area contributed by atoms with Gasteiger partial charge in [0.2, 0.25) is 0 Å². The normalized spacial score (nSPS) is 11.8. The zero-order valence-corrected chi connectivity index (χ0v) is 28.9. The van der Waals surface area contributed by atoms with Crippen LogP contribution in [0.1, 0.15) is 22.8 Å². The number of fused-ring (bicyclic) bond motifs is 8. The average Bonchev–Trinajstić information content (AvgIpc) is 3.98. The van der Waals surface area contributed by atoms with E-state index in [1.54, 1.807) is 0 Å². The second kappa shape index (κ2) is 13.1. The van der Waals surface area contributed by atoms with Crippen LogP contribution in [0.15, 0.2) is 140 Å². The molecule has 7 aromatic rings. The van der Waals surface area contributed by atoms with E-state index >= 15 is 0 Å². The van der Waals surface area contributed by atoms with Crippen LogP contribution in [0.5, 0.6) is 0 Å². The Bertz CT molecular complexity index is 2540. The number of benzene rings is 4. The van der Waals surface area contributed by atoms with Crippen molar-refractivity contribution in [2.24, 2.45) is 0 Å². The Kier molecular flexibility index (Phi) is 8.23. The first-order valence-corrected chi connectivity index (χ1v) is 16.3. The summed E-state index contributed by atoms with van der Waals surface area (Å²) in [6.45, 7) is 0. The van der Waals surface area contributed by atoms with Crippen LogP contribution in [0.25, 0.3) is 90.9 Å². The van der Waals surface area contributed by atoms with E-state index in [0.717, 1.165) is 89.4 Å². The van der Waals surface area contributed by atoms with Crippen molar-refractivity contribution in [2.45, 2.75) is 0 Å². The summed E-state index contributed by atoms with van der Waals surface area (Å²) >= 11 is 0. The van der Waals surface area contributed by atoms with E-state index in [1.165, 1.54) is 0 Å². The molecule has 6 heteroatoms. The van der Waals surface area contributed by atoms with Crippen molar-refractivity contribution >= 4 is 52.1 Å². The Morgan fingerprint density at radius 2 is 0.620 bits per heavy atom. The zero-order valence-electron chi connectivity index (χ0n) is 26.8. The van der Waals surface area contributed by atoms with Gasteiger partial charge in [-0.3, -0.25) is 0 Å². The molecule has 0 fully saturated rings. The van der Waals surface area contributed by atoms with Gasteiger partial charge in [-0.05, 0) is 80.9 Å². The van der Waals surface area contributed by atoms with Gasteiger partial charge < -0.3 is 15.7 Å². The van der Waals surface area contributed by atoms with Gasteiger partial charge in [0.25, 0.3) is 0 Å². The zero-order chi connectivity index (χ0) is 32.7. The molecule has 9 rings (SSSR count). The summed E-state index contributed by atoms with van der Waals surface area (Å²) in [5.41, 5.74) is 21.5. The third-order valence-corrected chi connectivity index (χ3v) is 9.00. The standard InChI is InChI=1S/C44H29N5.Au/c45-32-18-16-31(17-19-32)44-39-26-24-37(48-39)42(29-12-6-2-7-13-29)35-22-20-33(46-35)41(28-10-4-1-5-11-28)34-21-23-36(47-34)43(30-14-8-3-9-15-30)38-25-27-40(44)49-38;/h1-27H,45H2;/q-2;. The van der Waals surface area contributed by atoms with Crippen molar-refractivity contribution in [1.29, 1.82) is 0 Å². The van der Waals surface area contributed by atoms with Gasteiger partial charge in [0.05, 0.1) is 22.8 Å². The van der Waals surface area contributed by atoms with Crippen LogP contribution >= 0.6 is 0 Å². The molecule has 5 nitrogen and oxygen atoms in total. The SMILES string of the molecule is Nc1ccc(-c2c3nc(c(-c4ccccc4)c4ccc([n-]4)c(-c4ccccc4)c4nc(c(-c5ccccc5)c5ccc2[n-]5)C=C4)C=C3)cc1.[Au]. The fourth-order valence-corrected chi connectivity index (χ4v) is 6.73. The molecule has 0 aliphatic carbocycles. The van der Waals surface area contributed by atoms with Gasteiger partial charge >= 0.3 is 0 Å². The topological polar surface area (TPSA) is 80.0 Å². The van der Waals surface area contributed by atoms with Crippen LogP contribution in [0, 0.1) is 0 Å². The van der Waals surface area contributed by atoms with Gasteiger partial charge in [0.15, 0.2) is 0 Å². The summed E-state index contributed by atoms with van der Waals surface area (Å²) in [4.78, 5) is 21.2.